The molecule has 0 bridgehead atoms. The highest BCUT2D eigenvalue weighted by atomic mass is 16.3. The van der Waals surface area contributed by atoms with Gasteiger partial charge in [0.25, 0.3) is 0 Å². The van der Waals surface area contributed by atoms with Crippen LogP contribution in [-0.4, -0.2) is 5.71 Å². The van der Waals surface area contributed by atoms with Gasteiger partial charge in [-0.3, -0.25) is 0 Å². The monoisotopic (exact) mass is 677 g/mol. The lowest BCUT2D eigenvalue weighted by atomic mass is 9.93. The third-order valence-electron chi connectivity index (χ3n) is 10.7. The fourth-order valence-corrected chi connectivity index (χ4v) is 8.03. The van der Waals surface area contributed by atoms with Crippen LogP contribution in [0.25, 0.3) is 87.8 Å². The second-order valence-corrected chi connectivity index (χ2v) is 13.9. The maximum atomic E-state index is 6.62. The first kappa shape index (κ1) is 29.7. The summed E-state index contributed by atoms with van der Waals surface area (Å²) in [5.74, 6) is 0. The number of nitrogens with zero attached hydrogens (tertiary/aromatic N) is 1. The fourth-order valence-electron chi connectivity index (χ4n) is 8.03. The van der Waals surface area contributed by atoms with Crippen LogP contribution >= 0.6 is 0 Å². The van der Waals surface area contributed by atoms with E-state index in [4.69, 9.17) is 13.8 Å². The molecule has 1 aliphatic heterocycles. The van der Waals surface area contributed by atoms with Crippen LogP contribution in [0.1, 0.15) is 23.1 Å². The Morgan fingerprint density at radius 2 is 1.00 bits per heavy atom. The van der Waals surface area contributed by atoms with Gasteiger partial charge in [0.1, 0.15) is 22.3 Å². The van der Waals surface area contributed by atoms with Gasteiger partial charge in [0.05, 0.1) is 11.4 Å². The summed E-state index contributed by atoms with van der Waals surface area (Å²) >= 11 is 0. The molecular weight excluding hydrogens is 647 g/mol. The van der Waals surface area contributed by atoms with Gasteiger partial charge in [0.2, 0.25) is 0 Å². The molecule has 8 aromatic carbocycles. The second kappa shape index (κ2) is 11.8. The summed E-state index contributed by atoms with van der Waals surface area (Å²) in [5.41, 5.74) is 11.9. The van der Waals surface area contributed by atoms with E-state index in [-0.39, 0.29) is 0 Å². The summed E-state index contributed by atoms with van der Waals surface area (Å²) in [6, 6.07) is 57.9. The number of rotatable bonds is 4. The fraction of sp³-hybridized carbons (Fsp3) is 0.0200. The van der Waals surface area contributed by atoms with E-state index in [0.717, 1.165) is 84.0 Å². The van der Waals surface area contributed by atoms with Crippen LogP contribution in [0.15, 0.2) is 190 Å². The highest BCUT2D eigenvalue weighted by Gasteiger charge is 2.20. The number of hydrogen-bond acceptors (Lipinski definition) is 3. The molecule has 0 saturated heterocycles. The molecule has 0 spiro atoms. The van der Waals surface area contributed by atoms with Crippen molar-refractivity contribution in [3.05, 3.63) is 193 Å². The number of allylic oxidation sites excluding steroid dienone is 3. The second-order valence-electron chi connectivity index (χ2n) is 13.9. The van der Waals surface area contributed by atoms with E-state index in [2.05, 4.69) is 152 Å². The van der Waals surface area contributed by atoms with E-state index in [9.17, 15) is 0 Å². The molecule has 0 unspecified atom stereocenters. The third-order valence-corrected chi connectivity index (χ3v) is 10.7. The molecule has 0 atom stereocenters. The summed E-state index contributed by atoms with van der Waals surface area (Å²) in [7, 11) is 0. The normalized spacial score (nSPS) is 13.5. The number of aliphatic imine (C=N–C) groups is 1. The first-order valence-corrected chi connectivity index (χ1v) is 18.1. The lowest BCUT2D eigenvalue weighted by Crippen LogP contribution is -2.00. The summed E-state index contributed by atoms with van der Waals surface area (Å²) in [4.78, 5) is 5.55. The van der Waals surface area contributed by atoms with Crippen LogP contribution in [-0.2, 0) is 0 Å². The molecule has 3 nitrogen and oxygen atoms in total. The van der Waals surface area contributed by atoms with Crippen molar-refractivity contribution in [1.82, 2.24) is 0 Å². The number of furan rings is 2. The van der Waals surface area contributed by atoms with E-state index >= 15 is 0 Å². The molecule has 53 heavy (non-hydrogen) atoms. The Bertz CT molecular complexity index is 3200. The average Bonchev–Trinajstić information content (AvgIpc) is 3.69. The first-order valence-electron chi connectivity index (χ1n) is 18.1. The molecule has 0 radical (unpaired) electrons. The van der Waals surface area contributed by atoms with Crippen molar-refractivity contribution in [2.24, 2.45) is 4.99 Å². The minimum Gasteiger partial charge on any atom is -0.456 e. The predicted octanol–water partition coefficient (Wildman–Crippen LogP) is 13.8. The minimum absolute atomic E-state index is 0.741. The Kier molecular flexibility index (Phi) is 6.62. The molecule has 0 N–H and O–H groups in total. The highest BCUT2D eigenvalue weighted by molar-refractivity contribution is 6.25. The van der Waals surface area contributed by atoms with Gasteiger partial charge in [-0.15, -0.1) is 0 Å². The van der Waals surface area contributed by atoms with Gasteiger partial charge in [0.15, 0.2) is 0 Å². The van der Waals surface area contributed by atoms with Gasteiger partial charge in [-0.1, -0.05) is 121 Å². The van der Waals surface area contributed by atoms with Gasteiger partial charge in [-0.05, 0) is 105 Å². The molecule has 11 rings (SSSR count). The Morgan fingerprint density at radius 1 is 0.415 bits per heavy atom. The summed E-state index contributed by atoms with van der Waals surface area (Å²) in [6.07, 6.45) is 5.31. The summed E-state index contributed by atoms with van der Waals surface area (Å²) in [5, 5.41) is 9.21. The van der Waals surface area contributed by atoms with Crippen molar-refractivity contribution in [3.63, 3.8) is 0 Å². The van der Waals surface area contributed by atoms with E-state index in [0.29, 0.717) is 0 Å². The maximum absolute atomic E-state index is 6.62. The minimum atomic E-state index is 0.741. The van der Waals surface area contributed by atoms with Crippen LogP contribution in [0.3, 0.4) is 0 Å². The molecular formula is C50H31NO2. The number of para-hydroxylation sites is 2. The van der Waals surface area contributed by atoms with Crippen LogP contribution in [0.4, 0.5) is 0 Å². The first-order chi connectivity index (χ1) is 26.2. The smallest absolute Gasteiger partial charge is 0.136 e. The van der Waals surface area contributed by atoms with Crippen molar-refractivity contribution in [1.29, 1.82) is 0 Å². The highest BCUT2D eigenvalue weighted by Crippen LogP contribution is 2.40. The lowest BCUT2D eigenvalue weighted by molar-refractivity contribution is 0.668. The average molecular weight is 678 g/mol. The summed E-state index contributed by atoms with van der Waals surface area (Å²) < 4.78 is 13.0. The molecule has 0 aliphatic carbocycles. The van der Waals surface area contributed by atoms with Crippen LogP contribution in [0.5, 0.6) is 0 Å². The van der Waals surface area contributed by atoms with Gasteiger partial charge < -0.3 is 8.83 Å². The van der Waals surface area contributed by atoms with Crippen LogP contribution in [0.2, 0.25) is 0 Å². The van der Waals surface area contributed by atoms with E-state index in [1.165, 1.54) is 32.7 Å². The molecule has 0 saturated carbocycles. The van der Waals surface area contributed by atoms with Gasteiger partial charge in [-0.25, -0.2) is 4.99 Å². The zero-order valence-corrected chi connectivity index (χ0v) is 28.7. The predicted molar refractivity (Wildman–Crippen MR) is 221 cm³/mol. The lowest BCUT2D eigenvalue weighted by Gasteiger charge is -2.11. The summed E-state index contributed by atoms with van der Waals surface area (Å²) in [6.45, 7) is 0. The van der Waals surface area contributed by atoms with E-state index < -0.39 is 0 Å². The van der Waals surface area contributed by atoms with Crippen LogP contribution in [0, 0.1) is 0 Å². The van der Waals surface area contributed by atoms with Gasteiger partial charge in [-0.2, -0.15) is 0 Å². The Morgan fingerprint density at radius 3 is 1.79 bits per heavy atom. The third kappa shape index (κ3) is 5.01. The molecule has 3 heteroatoms. The Balaban J connectivity index is 1.16. The zero-order chi connectivity index (χ0) is 34.9. The van der Waals surface area contributed by atoms with E-state index in [1.54, 1.807) is 0 Å². The number of fused-ring (bicyclic) bond motifs is 8. The molecule has 10 aromatic rings. The molecule has 2 aromatic heterocycles. The Labute approximate surface area is 305 Å². The molecule has 0 amide bonds. The maximum Gasteiger partial charge on any atom is 0.136 e. The molecule has 248 valence electrons. The van der Waals surface area contributed by atoms with Crippen LogP contribution < -0.4 is 0 Å². The molecule has 3 heterocycles. The quantitative estimate of drug-likeness (QED) is 0.186. The number of hydrogen-bond donors (Lipinski definition) is 0. The Hall–Kier alpha value is -6.97. The zero-order valence-electron chi connectivity index (χ0n) is 28.7. The van der Waals surface area contributed by atoms with Gasteiger partial charge in [0, 0.05) is 32.7 Å². The SMILES string of the molecule is C1=C(c2ccc3ccccc3c2)CC=C(c2ccc3ccccc3c2)N=C1c1cc(-c2ccc3c(c2)oc2ccccc23)cc2oc3ccccc3c12. The van der Waals surface area contributed by atoms with Crippen molar-refractivity contribution < 1.29 is 8.83 Å². The topological polar surface area (TPSA) is 38.6 Å². The molecule has 1 aliphatic rings. The standard InChI is InChI=1S/C50H31NO2/c1-3-11-33-25-35(19-17-31(33)9-1)36-22-24-44(38-20-18-32-10-2-4-12-34(32)26-38)51-45(28-36)43-27-39(30-49-50(43)42-14-6-8-16-47(42)53-49)37-21-23-41-40-13-5-7-15-46(40)52-48(41)29-37/h1-21,23-30H,22H2. The van der Waals surface area contributed by atoms with Crippen molar-refractivity contribution in [3.8, 4) is 11.1 Å². The van der Waals surface area contributed by atoms with Crippen molar-refractivity contribution >= 4 is 82.4 Å². The largest absolute Gasteiger partial charge is 0.456 e. The van der Waals surface area contributed by atoms with Crippen molar-refractivity contribution in [2.45, 2.75) is 6.42 Å². The molecule has 0 fully saturated rings. The van der Waals surface area contributed by atoms with Crippen molar-refractivity contribution in [2.75, 3.05) is 0 Å². The van der Waals surface area contributed by atoms with E-state index in [1.807, 2.05) is 24.3 Å². The van der Waals surface area contributed by atoms with Gasteiger partial charge >= 0.3 is 0 Å². The number of benzene rings is 8.